The van der Waals surface area contributed by atoms with E-state index in [0.29, 0.717) is 13.0 Å². The van der Waals surface area contributed by atoms with Crippen LogP contribution in [0.1, 0.15) is 6.42 Å². The van der Waals surface area contributed by atoms with E-state index >= 15 is 0 Å². The number of nitrogens with one attached hydrogen (secondary N) is 1. The van der Waals surface area contributed by atoms with Crippen molar-refractivity contribution in [2.45, 2.75) is 18.6 Å². The van der Waals surface area contributed by atoms with E-state index in [0.717, 1.165) is 0 Å². The van der Waals surface area contributed by atoms with Gasteiger partial charge in [-0.05, 0) is 0 Å². The van der Waals surface area contributed by atoms with Crippen LogP contribution >= 0.6 is 0 Å². The van der Waals surface area contributed by atoms with Crippen LogP contribution < -0.4 is 5.32 Å². The van der Waals surface area contributed by atoms with Crippen molar-refractivity contribution in [1.82, 2.24) is 5.32 Å². The molecule has 1 heterocycles. The number of rotatable bonds is 1. The summed E-state index contributed by atoms with van der Waals surface area (Å²) in [7, 11) is 0. The van der Waals surface area contributed by atoms with Gasteiger partial charge in [-0.1, -0.05) is 0 Å². The minimum Gasteiger partial charge on any atom is -0.480 e. The first-order chi connectivity index (χ1) is 4.20. The largest absolute Gasteiger partial charge is 0.480 e. The maximum absolute atomic E-state index is 10.2. The number of carboxylic acids is 1. The second kappa shape index (κ2) is 3.93. The number of carbonyl (C=O) groups is 1. The minimum absolute atomic E-state index is 0. The molecule has 2 atom stereocenters. The molecule has 0 radical (unpaired) electrons. The van der Waals surface area contributed by atoms with Crippen LogP contribution in [0, 0.1) is 0 Å². The molecule has 1 aliphatic heterocycles. The third-order valence-corrected chi connectivity index (χ3v) is 1.41. The van der Waals surface area contributed by atoms with Crippen LogP contribution in [0.15, 0.2) is 0 Å². The number of carboxylic acid groups (broad SMARTS) is 1. The number of hydrogen-bond donors (Lipinski definition) is 3. The van der Waals surface area contributed by atoms with Gasteiger partial charge in [-0.2, -0.15) is 0 Å². The molecule has 1 fully saturated rings. The summed E-state index contributed by atoms with van der Waals surface area (Å²) in [5.74, 6) is -0.883. The van der Waals surface area contributed by atoms with Crippen molar-refractivity contribution >= 4 is 5.97 Å². The van der Waals surface area contributed by atoms with Crippen LogP contribution in [0.3, 0.4) is 0 Å². The Morgan fingerprint density at radius 1 is 1.60 bits per heavy atom. The first-order valence-corrected chi connectivity index (χ1v) is 2.84. The Kier molecular flexibility index (Phi) is 3.89. The van der Waals surface area contributed by atoms with Crippen molar-refractivity contribution in [3.63, 3.8) is 0 Å². The molecule has 0 aromatic heterocycles. The molecule has 0 aliphatic carbocycles. The van der Waals surface area contributed by atoms with E-state index in [4.69, 9.17) is 10.2 Å². The van der Waals surface area contributed by atoms with Gasteiger partial charge in [0.2, 0.25) is 0 Å². The van der Waals surface area contributed by atoms with Gasteiger partial charge < -0.3 is 15.5 Å². The molecule has 1 saturated heterocycles. The van der Waals surface area contributed by atoms with E-state index in [1.165, 1.54) is 0 Å². The van der Waals surface area contributed by atoms with Crippen LogP contribution in [0.2, 0.25) is 0 Å². The molecule has 0 bridgehead atoms. The van der Waals surface area contributed by atoms with Gasteiger partial charge in [-0.25, -0.2) is 0 Å². The number of aliphatic hydroxyl groups is 1. The van der Waals surface area contributed by atoms with Gasteiger partial charge in [0, 0.05) is 30.0 Å². The maximum Gasteiger partial charge on any atom is 0.320 e. The number of hydrogen-bond acceptors (Lipinski definition) is 3. The Labute approximate surface area is 69.1 Å². The average Bonchev–Trinajstić information content (AvgIpc) is 2.14. The summed E-state index contributed by atoms with van der Waals surface area (Å²) >= 11 is 0. The summed E-state index contributed by atoms with van der Waals surface area (Å²) in [6.45, 7) is 0.400. The fourth-order valence-corrected chi connectivity index (χ4v) is 0.905. The molecule has 0 saturated carbocycles. The quantitative estimate of drug-likeness (QED) is 0.450. The fourth-order valence-electron chi connectivity index (χ4n) is 0.905. The second-order valence-corrected chi connectivity index (χ2v) is 2.19. The molecular weight excluding hydrogens is 178 g/mol. The zero-order chi connectivity index (χ0) is 6.85. The molecule has 1 aliphatic rings. The van der Waals surface area contributed by atoms with Gasteiger partial charge in [-0.15, -0.1) is 0 Å². The summed E-state index contributed by atoms with van der Waals surface area (Å²) in [4.78, 5) is 10.2. The van der Waals surface area contributed by atoms with Gasteiger partial charge >= 0.3 is 5.97 Å². The summed E-state index contributed by atoms with van der Waals surface area (Å²) in [6.07, 6.45) is -0.152. The van der Waals surface area contributed by atoms with Crippen LogP contribution in [0.4, 0.5) is 0 Å². The maximum atomic E-state index is 10.2. The van der Waals surface area contributed by atoms with Crippen molar-refractivity contribution in [3.05, 3.63) is 0 Å². The van der Waals surface area contributed by atoms with Crippen LogP contribution in [0.25, 0.3) is 0 Å². The van der Waals surface area contributed by atoms with Crippen LogP contribution in [0.5, 0.6) is 0 Å². The van der Waals surface area contributed by atoms with E-state index in [9.17, 15) is 4.79 Å². The van der Waals surface area contributed by atoms with E-state index in [1.807, 2.05) is 0 Å². The molecule has 0 spiro atoms. The number of aliphatic hydroxyl groups excluding tert-OH is 1. The third kappa shape index (κ3) is 2.27. The first-order valence-electron chi connectivity index (χ1n) is 2.84. The molecular formula is C5H9FeNO3. The zero-order valence-corrected chi connectivity index (χ0v) is 6.33. The smallest absolute Gasteiger partial charge is 0.320 e. The van der Waals surface area contributed by atoms with Gasteiger partial charge in [-0.3, -0.25) is 4.79 Å². The topological polar surface area (TPSA) is 69.6 Å². The second-order valence-electron chi connectivity index (χ2n) is 2.19. The van der Waals surface area contributed by atoms with Crippen molar-refractivity contribution in [2.24, 2.45) is 0 Å². The molecule has 1 unspecified atom stereocenters. The fraction of sp³-hybridized carbons (Fsp3) is 0.800. The van der Waals surface area contributed by atoms with E-state index in [2.05, 4.69) is 5.32 Å². The molecule has 0 aromatic carbocycles. The van der Waals surface area contributed by atoms with E-state index in [1.54, 1.807) is 0 Å². The van der Waals surface area contributed by atoms with Crippen LogP contribution in [-0.2, 0) is 21.9 Å². The summed E-state index contributed by atoms with van der Waals surface area (Å²) in [5.41, 5.74) is 0. The van der Waals surface area contributed by atoms with Crippen molar-refractivity contribution < 1.29 is 32.1 Å². The van der Waals surface area contributed by atoms with Gasteiger partial charge in [0.15, 0.2) is 0 Å². The molecule has 0 aromatic rings. The average molecular weight is 187 g/mol. The zero-order valence-electron chi connectivity index (χ0n) is 5.23. The van der Waals surface area contributed by atoms with Crippen molar-refractivity contribution in [1.29, 1.82) is 0 Å². The van der Waals surface area contributed by atoms with E-state index in [-0.39, 0.29) is 17.1 Å². The predicted octanol–water partition coefficient (Wildman–Crippen LogP) is -1.21. The summed E-state index contributed by atoms with van der Waals surface area (Å²) in [6, 6.07) is -0.542. The van der Waals surface area contributed by atoms with E-state index < -0.39 is 18.1 Å². The molecule has 5 heteroatoms. The molecule has 1 rings (SSSR count). The first kappa shape index (κ1) is 9.91. The summed E-state index contributed by atoms with van der Waals surface area (Å²) < 4.78 is 0. The normalized spacial score (nSPS) is 31.3. The monoisotopic (exact) mass is 187 g/mol. The van der Waals surface area contributed by atoms with Crippen LogP contribution in [-0.4, -0.2) is 34.9 Å². The molecule has 3 N–H and O–H groups in total. The Hall–Kier alpha value is -0.0905. The third-order valence-electron chi connectivity index (χ3n) is 1.41. The Balaban J connectivity index is 0.000000810. The number of aliphatic carboxylic acids is 1. The Morgan fingerprint density at radius 3 is 2.40 bits per heavy atom. The number of β-amino-alcohol motifs (C(OH)–C–C–N with tert-alkyl or cyclic N) is 1. The predicted molar refractivity (Wildman–Crippen MR) is 30.1 cm³/mol. The van der Waals surface area contributed by atoms with Crippen molar-refractivity contribution in [3.8, 4) is 0 Å². The molecule has 60 valence electrons. The molecule has 0 amide bonds. The van der Waals surface area contributed by atoms with Gasteiger partial charge in [0.1, 0.15) is 6.04 Å². The molecule has 10 heavy (non-hydrogen) atoms. The standard InChI is InChI=1S/C5H9NO3.Fe/c7-3-1-4(5(8)9)6-2-3;/h3-4,6-7H,1-2H2,(H,8,9);/t3?,4-;/m0./s1. The SMILES string of the molecule is O=C(O)[C@@H]1CC(O)CN1.[Fe]. The van der Waals surface area contributed by atoms with Gasteiger partial charge in [0.05, 0.1) is 6.10 Å². The van der Waals surface area contributed by atoms with Gasteiger partial charge in [0.25, 0.3) is 0 Å². The molecule has 4 nitrogen and oxygen atoms in total. The minimum atomic E-state index is -0.883. The summed E-state index contributed by atoms with van der Waals surface area (Å²) in [5, 5.41) is 19.8. The Morgan fingerprint density at radius 2 is 2.20 bits per heavy atom. The van der Waals surface area contributed by atoms with Crippen molar-refractivity contribution in [2.75, 3.05) is 6.54 Å². The Bertz CT molecular complexity index is 130.